The standard InChI is InChI=1S/C12H15N3O4S/c1-7(16)15-10(12(18)19)6-20-8-3-4-14-9(5-8)11(17)13-2/h3-5,10H,6H2,1-2H3,(H,13,17)(H,15,16)(H,18,19)/t10-/m0/s1. The minimum atomic E-state index is -1.10. The number of amides is 2. The third-order valence-corrected chi connectivity index (χ3v) is 3.37. The lowest BCUT2D eigenvalue weighted by atomic mass is 10.3. The van der Waals surface area contributed by atoms with Gasteiger partial charge in [-0.25, -0.2) is 4.79 Å². The molecule has 1 aromatic rings. The third-order valence-electron chi connectivity index (χ3n) is 2.28. The maximum atomic E-state index is 11.4. The second kappa shape index (κ2) is 7.49. The number of nitrogens with zero attached hydrogens (tertiary/aromatic N) is 1. The molecule has 0 unspecified atom stereocenters. The molecule has 0 aliphatic heterocycles. The van der Waals surface area contributed by atoms with E-state index in [2.05, 4.69) is 15.6 Å². The number of aliphatic carboxylic acids is 1. The van der Waals surface area contributed by atoms with Crippen molar-refractivity contribution in [3.05, 3.63) is 24.0 Å². The van der Waals surface area contributed by atoms with Crippen molar-refractivity contribution in [2.24, 2.45) is 0 Å². The smallest absolute Gasteiger partial charge is 0.327 e. The largest absolute Gasteiger partial charge is 0.480 e. The monoisotopic (exact) mass is 297 g/mol. The van der Waals surface area contributed by atoms with Gasteiger partial charge in [-0.3, -0.25) is 14.6 Å². The summed E-state index contributed by atoms with van der Waals surface area (Å²) in [5.41, 5.74) is 0.254. The van der Waals surface area contributed by atoms with E-state index in [9.17, 15) is 14.4 Å². The average molecular weight is 297 g/mol. The molecule has 0 aromatic carbocycles. The van der Waals surface area contributed by atoms with Crippen LogP contribution < -0.4 is 10.6 Å². The van der Waals surface area contributed by atoms with Gasteiger partial charge in [-0.05, 0) is 12.1 Å². The summed E-state index contributed by atoms with van der Waals surface area (Å²) in [6.45, 7) is 1.26. The van der Waals surface area contributed by atoms with E-state index in [-0.39, 0.29) is 17.4 Å². The van der Waals surface area contributed by atoms with Crippen LogP contribution in [0.15, 0.2) is 23.2 Å². The summed E-state index contributed by atoms with van der Waals surface area (Å²) in [5, 5.41) is 13.8. The van der Waals surface area contributed by atoms with Crippen molar-refractivity contribution >= 4 is 29.5 Å². The first kappa shape index (κ1) is 16.0. The van der Waals surface area contributed by atoms with Gasteiger partial charge in [-0.15, -0.1) is 11.8 Å². The summed E-state index contributed by atoms with van der Waals surface area (Å²) in [6.07, 6.45) is 1.47. The quantitative estimate of drug-likeness (QED) is 0.644. The molecule has 0 saturated heterocycles. The molecule has 0 bridgehead atoms. The number of carbonyl (C=O) groups excluding carboxylic acids is 2. The predicted octanol–water partition coefficient (Wildman–Crippen LogP) is 0.123. The molecule has 0 fully saturated rings. The van der Waals surface area contributed by atoms with Crippen LogP contribution in [-0.4, -0.2) is 46.7 Å². The lowest BCUT2D eigenvalue weighted by Crippen LogP contribution is -2.41. The molecule has 1 atom stereocenters. The third kappa shape index (κ3) is 4.88. The van der Waals surface area contributed by atoms with Crippen LogP contribution in [-0.2, 0) is 9.59 Å². The van der Waals surface area contributed by atoms with Gasteiger partial charge < -0.3 is 15.7 Å². The van der Waals surface area contributed by atoms with Crippen molar-refractivity contribution in [3.8, 4) is 0 Å². The summed E-state index contributed by atoms with van der Waals surface area (Å²) in [5.74, 6) is -1.66. The van der Waals surface area contributed by atoms with Gasteiger partial charge in [0.25, 0.3) is 5.91 Å². The molecule has 1 heterocycles. The average Bonchev–Trinajstić information content (AvgIpc) is 2.42. The number of nitrogens with one attached hydrogen (secondary N) is 2. The van der Waals surface area contributed by atoms with Crippen LogP contribution in [0.4, 0.5) is 0 Å². The molecule has 3 N–H and O–H groups in total. The number of hydrogen-bond donors (Lipinski definition) is 3. The molecule has 0 aliphatic rings. The van der Waals surface area contributed by atoms with Crippen molar-refractivity contribution < 1.29 is 19.5 Å². The molecule has 1 rings (SSSR count). The normalized spacial score (nSPS) is 11.5. The first-order valence-corrected chi connectivity index (χ1v) is 6.73. The molecule has 0 saturated carbocycles. The number of carboxylic acids is 1. The Balaban J connectivity index is 2.70. The fourth-order valence-corrected chi connectivity index (χ4v) is 2.29. The Labute approximate surface area is 120 Å². The number of hydrogen-bond acceptors (Lipinski definition) is 5. The molecule has 0 spiro atoms. The molecule has 2 amide bonds. The van der Waals surface area contributed by atoms with E-state index < -0.39 is 17.9 Å². The lowest BCUT2D eigenvalue weighted by molar-refractivity contribution is -0.140. The van der Waals surface area contributed by atoms with E-state index in [1.807, 2.05) is 0 Å². The Hall–Kier alpha value is -2.09. The van der Waals surface area contributed by atoms with Gasteiger partial charge in [-0.2, -0.15) is 0 Å². The second-order valence-electron chi connectivity index (χ2n) is 3.86. The van der Waals surface area contributed by atoms with Crippen LogP contribution in [0.25, 0.3) is 0 Å². The zero-order valence-corrected chi connectivity index (χ0v) is 11.9. The van der Waals surface area contributed by atoms with Crippen molar-refractivity contribution in [3.63, 3.8) is 0 Å². The van der Waals surface area contributed by atoms with Gasteiger partial charge in [-0.1, -0.05) is 0 Å². The Kier molecular flexibility index (Phi) is 5.98. The number of carbonyl (C=O) groups is 3. The van der Waals surface area contributed by atoms with Crippen LogP contribution in [0, 0.1) is 0 Å². The van der Waals surface area contributed by atoms with Gasteiger partial charge in [0, 0.05) is 30.8 Å². The van der Waals surface area contributed by atoms with Crippen LogP contribution in [0.3, 0.4) is 0 Å². The van der Waals surface area contributed by atoms with Crippen molar-refractivity contribution in [2.45, 2.75) is 17.9 Å². The number of thioether (sulfide) groups is 1. The van der Waals surface area contributed by atoms with Crippen molar-refractivity contribution in [2.75, 3.05) is 12.8 Å². The molecule has 108 valence electrons. The summed E-state index contributed by atoms with van der Waals surface area (Å²) in [7, 11) is 1.50. The van der Waals surface area contributed by atoms with E-state index in [0.29, 0.717) is 4.90 Å². The molecule has 0 aliphatic carbocycles. The van der Waals surface area contributed by atoms with Crippen molar-refractivity contribution in [1.82, 2.24) is 15.6 Å². The van der Waals surface area contributed by atoms with E-state index in [4.69, 9.17) is 5.11 Å². The van der Waals surface area contributed by atoms with Crippen LogP contribution in [0.2, 0.25) is 0 Å². The number of pyridine rings is 1. The summed E-state index contributed by atoms with van der Waals surface area (Å²) in [6, 6.07) is 2.26. The molecule has 8 heteroatoms. The molecular formula is C12H15N3O4S. The van der Waals surface area contributed by atoms with Crippen LogP contribution in [0.5, 0.6) is 0 Å². The second-order valence-corrected chi connectivity index (χ2v) is 4.95. The summed E-state index contributed by atoms with van der Waals surface area (Å²) in [4.78, 5) is 37.9. The molecule has 0 radical (unpaired) electrons. The van der Waals surface area contributed by atoms with Crippen LogP contribution >= 0.6 is 11.8 Å². The molecular weight excluding hydrogens is 282 g/mol. The fourth-order valence-electron chi connectivity index (χ4n) is 1.35. The Bertz CT molecular complexity index is 521. The fraction of sp³-hybridized carbons (Fsp3) is 0.333. The van der Waals surface area contributed by atoms with Gasteiger partial charge in [0.2, 0.25) is 5.91 Å². The summed E-state index contributed by atoms with van der Waals surface area (Å²) >= 11 is 1.23. The van der Waals surface area contributed by atoms with Gasteiger partial charge in [0.15, 0.2) is 0 Å². The predicted molar refractivity (Wildman–Crippen MR) is 73.6 cm³/mol. The van der Waals surface area contributed by atoms with Crippen molar-refractivity contribution in [1.29, 1.82) is 0 Å². The zero-order valence-electron chi connectivity index (χ0n) is 11.0. The molecule has 20 heavy (non-hydrogen) atoms. The highest BCUT2D eigenvalue weighted by atomic mass is 32.2. The van der Waals surface area contributed by atoms with Crippen LogP contribution in [0.1, 0.15) is 17.4 Å². The van der Waals surface area contributed by atoms with E-state index in [0.717, 1.165) is 0 Å². The maximum absolute atomic E-state index is 11.4. The first-order valence-electron chi connectivity index (χ1n) is 5.75. The lowest BCUT2D eigenvalue weighted by Gasteiger charge is -2.12. The Morgan fingerprint density at radius 1 is 1.45 bits per heavy atom. The SMILES string of the molecule is CNC(=O)c1cc(SC[C@H](NC(C)=O)C(=O)O)ccn1. The Morgan fingerprint density at radius 2 is 2.15 bits per heavy atom. The maximum Gasteiger partial charge on any atom is 0.327 e. The van der Waals surface area contributed by atoms with E-state index >= 15 is 0 Å². The number of carboxylic acid groups (broad SMARTS) is 1. The number of rotatable bonds is 6. The minimum absolute atomic E-state index is 0.159. The first-order chi connectivity index (χ1) is 9.43. The van der Waals surface area contributed by atoms with E-state index in [1.165, 1.54) is 31.9 Å². The topological polar surface area (TPSA) is 108 Å². The highest BCUT2D eigenvalue weighted by molar-refractivity contribution is 7.99. The van der Waals surface area contributed by atoms with Gasteiger partial charge in [0.1, 0.15) is 11.7 Å². The number of aromatic nitrogens is 1. The molecule has 1 aromatic heterocycles. The van der Waals surface area contributed by atoms with E-state index in [1.54, 1.807) is 12.1 Å². The highest BCUT2D eigenvalue weighted by Gasteiger charge is 2.18. The molecule has 7 nitrogen and oxygen atoms in total. The highest BCUT2D eigenvalue weighted by Crippen LogP contribution is 2.19. The minimum Gasteiger partial charge on any atom is -0.480 e. The zero-order chi connectivity index (χ0) is 15.1. The van der Waals surface area contributed by atoms with Gasteiger partial charge >= 0.3 is 5.97 Å². The Morgan fingerprint density at radius 3 is 2.70 bits per heavy atom. The van der Waals surface area contributed by atoms with Gasteiger partial charge in [0.05, 0.1) is 0 Å². The summed E-state index contributed by atoms with van der Waals surface area (Å²) < 4.78 is 0.